The maximum atomic E-state index is 12.2. The number of hydrogen-bond donors (Lipinski definition) is 2. The first kappa shape index (κ1) is 20.5. The molecule has 0 spiro atoms. The first-order valence-corrected chi connectivity index (χ1v) is 9.01. The third-order valence-corrected chi connectivity index (χ3v) is 4.87. The van der Waals surface area contributed by atoms with Gasteiger partial charge in [-0.15, -0.1) is 0 Å². The third-order valence-electron chi connectivity index (χ3n) is 3.91. The number of nitrogens with zero attached hydrogens (tertiary/aromatic N) is 1. The molecule has 146 valence electrons. The van der Waals surface area contributed by atoms with E-state index < -0.39 is 18.5 Å². The number of benzene rings is 1. The van der Waals surface area contributed by atoms with Crippen LogP contribution >= 0.6 is 11.5 Å². The number of rotatable bonds is 8. The minimum atomic E-state index is -0.590. The lowest BCUT2D eigenvalue weighted by molar-refractivity contribution is -0.124. The quantitative estimate of drug-likeness (QED) is 0.665. The van der Waals surface area contributed by atoms with Crippen molar-refractivity contribution in [1.82, 2.24) is 9.69 Å². The van der Waals surface area contributed by atoms with Crippen LogP contribution in [0.15, 0.2) is 18.2 Å². The summed E-state index contributed by atoms with van der Waals surface area (Å²) in [7, 11) is 4.81. The Hall–Kier alpha value is -2.81. The molecule has 8 nitrogen and oxygen atoms in total. The molecule has 1 aromatic carbocycles. The Morgan fingerprint density at radius 3 is 2.63 bits per heavy atom. The molecule has 0 fully saturated rings. The van der Waals surface area contributed by atoms with E-state index in [1.54, 1.807) is 46.4 Å². The molecule has 0 bridgehead atoms. The largest absolute Gasteiger partial charge is 0.497 e. The van der Waals surface area contributed by atoms with Crippen LogP contribution in [0.5, 0.6) is 11.5 Å². The minimum Gasteiger partial charge on any atom is -0.497 e. The second-order valence-corrected chi connectivity index (χ2v) is 6.47. The fourth-order valence-electron chi connectivity index (χ4n) is 2.52. The van der Waals surface area contributed by atoms with Crippen molar-refractivity contribution in [3.8, 4) is 11.5 Å². The maximum absolute atomic E-state index is 12.2. The Morgan fingerprint density at radius 1 is 1.26 bits per heavy atom. The van der Waals surface area contributed by atoms with Gasteiger partial charge in [0.25, 0.3) is 5.91 Å². The molecule has 9 heteroatoms. The van der Waals surface area contributed by atoms with E-state index >= 15 is 0 Å². The zero-order valence-electron chi connectivity index (χ0n) is 15.9. The van der Waals surface area contributed by atoms with Crippen molar-refractivity contribution in [3.05, 3.63) is 35.0 Å². The molecule has 0 aliphatic rings. The lowest BCUT2D eigenvalue weighted by Crippen LogP contribution is -2.31. The van der Waals surface area contributed by atoms with Crippen molar-refractivity contribution in [2.45, 2.75) is 19.9 Å². The van der Waals surface area contributed by atoms with E-state index in [-0.39, 0.29) is 6.04 Å². The monoisotopic (exact) mass is 393 g/mol. The van der Waals surface area contributed by atoms with Gasteiger partial charge in [-0.1, -0.05) is 0 Å². The van der Waals surface area contributed by atoms with E-state index in [0.717, 1.165) is 5.56 Å². The van der Waals surface area contributed by atoms with Gasteiger partial charge in [-0.2, -0.15) is 4.37 Å². The van der Waals surface area contributed by atoms with Crippen molar-refractivity contribution < 1.29 is 23.8 Å². The number of esters is 1. The van der Waals surface area contributed by atoms with Crippen LogP contribution in [-0.4, -0.2) is 44.1 Å². The molecule has 0 unspecified atom stereocenters. The Bertz CT molecular complexity index is 821. The molecule has 2 aromatic rings. The van der Waals surface area contributed by atoms with Crippen LogP contribution < -0.4 is 20.1 Å². The van der Waals surface area contributed by atoms with Crippen LogP contribution in [0.4, 0.5) is 5.00 Å². The van der Waals surface area contributed by atoms with Gasteiger partial charge in [0.1, 0.15) is 22.1 Å². The lowest BCUT2D eigenvalue weighted by Gasteiger charge is -2.18. The van der Waals surface area contributed by atoms with Crippen molar-refractivity contribution in [2.24, 2.45) is 0 Å². The number of aryl methyl sites for hydroxylation is 1. The molecule has 2 rings (SSSR count). The Morgan fingerprint density at radius 2 is 2.00 bits per heavy atom. The van der Waals surface area contributed by atoms with Gasteiger partial charge >= 0.3 is 5.97 Å². The molecular weight excluding hydrogens is 370 g/mol. The average molecular weight is 393 g/mol. The van der Waals surface area contributed by atoms with E-state index in [0.29, 0.717) is 27.8 Å². The van der Waals surface area contributed by atoms with Crippen LogP contribution in [0.25, 0.3) is 0 Å². The number of carbonyl (C=O) groups excluding carboxylic acids is 2. The van der Waals surface area contributed by atoms with Gasteiger partial charge in [-0.05, 0) is 43.6 Å². The van der Waals surface area contributed by atoms with Crippen LogP contribution in [0.1, 0.15) is 34.6 Å². The van der Waals surface area contributed by atoms with Gasteiger partial charge in [0.2, 0.25) is 0 Å². The highest BCUT2D eigenvalue weighted by atomic mass is 32.1. The summed E-state index contributed by atoms with van der Waals surface area (Å²) in [5, 5.41) is 6.28. The lowest BCUT2D eigenvalue weighted by atomic mass is 10.1. The molecule has 2 N–H and O–H groups in total. The first-order valence-electron chi connectivity index (χ1n) is 8.23. The number of anilines is 1. The third kappa shape index (κ3) is 4.88. The summed E-state index contributed by atoms with van der Waals surface area (Å²) in [4.78, 5) is 24.4. The topological polar surface area (TPSA) is 98.8 Å². The molecule has 1 aromatic heterocycles. The average Bonchev–Trinajstić information content (AvgIpc) is 3.06. The van der Waals surface area contributed by atoms with Crippen LogP contribution in [-0.2, 0) is 9.53 Å². The van der Waals surface area contributed by atoms with Crippen molar-refractivity contribution in [1.29, 1.82) is 0 Å². The zero-order valence-corrected chi connectivity index (χ0v) is 16.7. The predicted molar refractivity (Wildman–Crippen MR) is 103 cm³/mol. The van der Waals surface area contributed by atoms with E-state index in [1.807, 2.05) is 6.92 Å². The highest BCUT2D eigenvalue weighted by molar-refractivity contribution is 7.10. The minimum absolute atomic E-state index is 0.345. The van der Waals surface area contributed by atoms with Crippen molar-refractivity contribution in [3.63, 3.8) is 0 Å². The number of amides is 1. The standard InChI is InChI=1S/C18H23N3O5S/c1-10(13-8-12(24-4)6-7-14(13)25-5)20-15(22)9-26-18(23)16-11(2)21-27-17(16)19-3/h6-8,10,19H,9H2,1-5H3,(H,20,22)/t10-/m1/s1. The molecule has 1 amide bonds. The summed E-state index contributed by atoms with van der Waals surface area (Å²) in [6, 6.07) is 4.96. The molecule has 0 radical (unpaired) electrons. The highest BCUT2D eigenvalue weighted by Gasteiger charge is 2.21. The molecule has 1 atom stereocenters. The maximum Gasteiger partial charge on any atom is 0.343 e. The van der Waals surface area contributed by atoms with Crippen LogP contribution in [0.2, 0.25) is 0 Å². The smallest absolute Gasteiger partial charge is 0.343 e. The summed E-state index contributed by atoms with van der Waals surface area (Å²) in [6.45, 7) is 3.13. The molecule has 27 heavy (non-hydrogen) atoms. The fourth-order valence-corrected chi connectivity index (χ4v) is 3.26. The molecule has 1 heterocycles. The van der Waals surface area contributed by atoms with Crippen molar-refractivity contribution >= 4 is 28.4 Å². The SMILES string of the molecule is CNc1snc(C)c1C(=O)OCC(=O)N[C@H](C)c1cc(OC)ccc1OC. The van der Waals surface area contributed by atoms with Gasteiger partial charge in [0.05, 0.1) is 26.0 Å². The van der Waals surface area contributed by atoms with Crippen LogP contribution in [0.3, 0.4) is 0 Å². The van der Waals surface area contributed by atoms with Gasteiger partial charge in [0.15, 0.2) is 6.61 Å². The van der Waals surface area contributed by atoms with E-state index in [9.17, 15) is 9.59 Å². The predicted octanol–water partition coefficient (Wildman–Crippen LogP) is 2.54. The van der Waals surface area contributed by atoms with Gasteiger partial charge in [-0.3, -0.25) is 4.79 Å². The Labute approximate surface area is 162 Å². The second-order valence-electron chi connectivity index (χ2n) is 5.70. The summed E-state index contributed by atoms with van der Waals surface area (Å²) < 4.78 is 19.8. The number of ether oxygens (including phenoxy) is 3. The highest BCUT2D eigenvalue weighted by Crippen LogP contribution is 2.29. The van der Waals surface area contributed by atoms with Gasteiger partial charge in [0, 0.05) is 12.6 Å². The van der Waals surface area contributed by atoms with E-state index in [1.165, 1.54) is 11.5 Å². The summed E-state index contributed by atoms with van der Waals surface area (Å²) in [6.07, 6.45) is 0. The molecule has 0 saturated carbocycles. The zero-order chi connectivity index (χ0) is 20.0. The van der Waals surface area contributed by atoms with E-state index in [4.69, 9.17) is 14.2 Å². The molecular formula is C18H23N3O5S. The number of nitrogens with one attached hydrogen (secondary N) is 2. The molecule has 0 aliphatic heterocycles. The number of methoxy groups -OCH3 is 2. The number of aromatic nitrogens is 1. The second kappa shape index (κ2) is 9.22. The summed E-state index contributed by atoms with van der Waals surface area (Å²) >= 11 is 1.17. The van der Waals surface area contributed by atoms with Gasteiger partial charge < -0.3 is 24.8 Å². The van der Waals surface area contributed by atoms with Crippen LogP contribution in [0, 0.1) is 6.92 Å². The van der Waals surface area contributed by atoms with E-state index in [2.05, 4.69) is 15.0 Å². The molecule has 0 aliphatic carbocycles. The fraction of sp³-hybridized carbons (Fsp3) is 0.389. The Balaban J connectivity index is 1.99. The first-order chi connectivity index (χ1) is 12.9. The normalized spacial score (nSPS) is 11.4. The molecule has 0 saturated heterocycles. The van der Waals surface area contributed by atoms with Crippen molar-refractivity contribution in [2.75, 3.05) is 33.2 Å². The summed E-state index contributed by atoms with van der Waals surface area (Å²) in [5.41, 5.74) is 1.66. The number of hydrogen-bond acceptors (Lipinski definition) is 8. The summed E-state index contributed by atoms with van der Waals surface area (Å²) in [5.74, 6) is 0.262. The number of carbonyl (C=O) groups is 2. The Kier molecular flexibility index (Phi) is 7.00. The van der Waals surface area contributed by atoms with Gasteiger partial charge in [-0.25, -0.2) is 4.79 Å².